The molecule has 0 aliphatic heterocycles. The first-order chi connectivity index (χ1) is 9.91. The molecule has 5 nitrogen and oxygen atoms in total. The predicted molar refractivity (Wildman–Crippen MR) is 82.5 cm³/mol. The second-order valence-electron chi connectivity index (χ2n) is 3.95. The lowest BCUT2D eigenvalue weighted by molar-refractivity contribution is -0.384. The molecular formula is C13H7Cl3N2O3. The lowest BCUT2D eigenvalue weighted by Crippen LogP contribution is -2.13. The summed E-state index contributed by atoms with van der Waals surface area (Å²) in [6.07, 6.45) is 0. The van der Waals surface area contributed by atoms with Crippen molar-refractivity contribution in [1.29, 1.82) is 0 Å². The van der Waals surface area contributed by atoms with Gasteiger partial charge < -0.3 is 5.32 Å². The van der Waals surface area contributed by atoms with Crippen LogP contribution in [0.5, 0.6) is 0 Å². The zero-order valence-electron chi connectivity index (χ0n) is 10.3. The highest BCUT2D eigenvalue weighted by Gasteiger charge is 2.20. The topological polar surface area (TPSA) is 72.2 Å². The summed E-state index contributed by atoms with van der Waals surface area (Å²) in [4.78, 5) is 22.3. The molecule has 2 aromatic carbocycles. The summed E-state index contributed by atoms with van der Waals surface area (Å²) >= 11 is 17.7. The van der Waals surface area contributed by atoms with Crippen LogP contribution in [0.3, 0.4) is 0 Å². The minimum Gasteiger partial charge on any atom is -0.321 e. The number of nitrogens with one attached hydrogen (secondary N) is 1. The third kappa shape index (κ3) is 3.26. The van der Waals surface area contributed by atoms with Crippen LogP contribution < -0.4 is 5.32 Å². The fourth-order valence-electron chi connectivity index (χ4n) is 1.63. The Hall–Kier alpha value is -1.82. The summed E-state index contributed by atoms with van der Waals surface area (Å²) in [7, 11) is 0. The highest BCUT2D eigenvalue weighted by atomic mass is 35.5. The quantitative estimate of drug-likeness (QED) is 0.641. The fraction of sp³-hybridized carbons (Fsp3) is 0. The number of rotatable bonds is 3. The smallest absolute Gasteiger partial charge is 0.288 e. The van der Waals surface area contributed by atoms with E-state index in [1.54, 1.807) is 18.2 Å². The van der Waals surface area contributed by atoms with Gasteiger partial charge in [-0.3, -0.25) is 14.9 Å². The van der Waals surface area contributed by atoms with E-state index in [2.05, 4.69) is 5.32 Å². The van der Waals surface area contributed by atoms with E-state index in [-0.39, 0.29) is 32.0 Å². The summed E-state index contributed by atoms with van der Waals surface area (Å²) in [5, 5.41) is 13.5. The molecule has 0 unspecified atom stereocenters. The van der Waals surface area contributed by atoms with E-state index in [0.717, 1.165) is 0 Å². The Labute approximate surface area is 134 Å². The van der Waals surface area contributed by atoms with Crippen molar-refractivity contribution in [3.8, 4) is 0 Å². The molecule has 2 rings (SSSR count). The lowest BCUT2D eigenvalue weighted by Gasteiger charge is -2.09. The Morgan fingerprint density at radius 3 is 2.38 bits per heavy atom. The van der Waals surface area contributed by atoms with E-state index < -0.39 is 10.8 Å². The third-order valence-electron chi connectivity index (χ3n) is 2.62. The van der Waals surface area contributed by atoms with Crippen LogP contribution in [0, 0.1) is 10.1 Å². The zero-order chi connectivity index (χ0) is 15.6. The zero-order valence-corrected chi connectivity index (χ0v) is 12.5. The molecule has 21 heavy (non-hydrogen) atoms. The number of amides is 1. The van der Waals surface area contributed by atoms with Crippen molar-refractivity contribution in [3.63, 3.8) is 0 Å². The maximum absolute atomic E-state index is 12.2. The maximum Gasteiger partial charge on any atom is 0.288 e. The van der Waals surface area contributed by atoms with E-state index in [1.165, 1.54) is 18.2 Å². The second kappa shape index (κ2) is 6.30. The SMILES string of the molecule is O=C(Nc1cccc(Cl)c1Cl)c1cccc([N+](=O)[O-])c1Cl. The Balaban J connectivity index is 2.35. The van der Waals surface area contributed by atoms with Crippen LogP contribution in [-0.4, -0.2) is 10.8 Å². The van der Waals surface area contributed by atoms with Crippen molar-refractivity contribution in [2.24, 2.45) is 0 Å². The van der Waals surface area contributed by atoms with Crippen LogP contribution >= 0.6 is 34.8 Å². The average Bonchev–Trinajstić information content (AvgIpc) is 2.43. The van der Waals surface area contributed by atoms with Gasteiger partial charge in [0.2, 0.25) is 0 Å². The Kier molecular flexibility index (Phi) is 4.67. The average molecular weight is 346 g/mol. The van der Waals surface area contributed by atoms with Crippen molar-refractivity contribution in [2.75, 3.05) is 5.32 Å². The third-order valence-corrected chi connectivity index (χ3v) is 3.84. The molecule has 0 bridgehead atoms. The first kappa shape index (κ1) is 15.6. The maximum atomic E-state index is 12.2. The van der Waals surface area contributed by atoms with Crippen LogP contribution in [-0.2, 0) is 0 Å². The number of carbonyl (C=O) groups is 1. The number of anilines is 1. The molecule has 2 aromatic rings. The van der Waals surface area contributed by atoms with Crippen LogP contribution in [0.2, 0.25) is 15.1 Å². The van der Waals surface area contributed by atoms with Crippen molar-refractivity contribution in [3.05, 3.63) is 67.1 Å². The fourth-order valence-corrected chi connectivity index (χ4v) is 2.25. The first-order valence-electron chi connectivity index (χ1n) is 5.60. The van der Waals surface area contributed by atoms with E-state index in [0.29, 0.717) is 0 Å². The summed E-state index contributed by atoms with van der Waals surface area (Å²) in [6.45, 7) is 0. The van der Waals surface area contributed by atoms with Crippen LogP contribution in [0.25, 0.3) is 0 Å². The molecule has 0 saturated heterocycles. The van der Waals surface area contributed by atoms with Gasteiger partial charge in [-0.15, -0.1) is 0 Å². The van der Waals surface area contributed by atoms with E-state index >= 15 is 0 Å². The van der Waals surface area contributed by atoms with Crippen LogP contribution in [0.1, 0.15) is 10.4 Å². The van der Waals surface area contributed by atoms with Gasteiger partial charge in [0.05, 0.1) is 26.2 Å². The number of nitro groups is 1. The Bertz CT molecular complexity index is 735. The molecule has 8 heteroatoms. The molecule has 108 valence electrons. The molecule has 0 fully saturated rings. The Morgan fingerprint density at radius 1 is 1.05 bits per heavy atom. The van der Waals surface area contributed by atoms with E-state index in [1.807, 2.05) is 0 Å². The number of halogens is 3. The molecule has 0 spiro atoms. The standard InChI is InChI=1S/C13H7Cl3N2O3/c14-8-4-2-5-9(12(8)16)17-13(19)7-3-1-6-10(11(7)15)18(20)21/h1-6H,(H,17,19). The molecule has 0 aliphatic rings. The molecule has 1 amide bonds. The van der Waals surface area contributed by atoms with Gasteiger partial charge in [-0.05, 0) is 18.2 Å². The monoisotopic (exact) mass is 344 g/mol. The number of hydrogen-bond acceptors (Lipinski definition) is 3. The number of hydrogen-bond donors (Lipinski definition) is 1. The predicted octanol–water partition coefficient (Wildman–Crippen LogP) is 4.81. The van der Waals surface area contributed by atoms with Gasteiger partial charge in [0.15, 0.2) is 0 Å². The van der Waals surface area contributed by atoms with Gasteiger partial charge in [0, 0.05) is 6.07 Å². The van der Waals surface area contributed by atoms with Gasteiger partial charge >= 0.3 is 0 Å². The summed E-state index contributed by atoms with van der Waals surface area (Å²) < 4.78 is 0. The molecule has 0 radical (unpaired) electrons. The van der Waals surface area contributed by atoms with Crippen LogP contribution in [0.15, 0.2) is 36.4 Å². The second-order valence-corrected chi connectivity index (χ2v) is 5.11. The van der Waals surface area contributed by atoms with Gasteiger partial charge in [-0.2, -0.15) is 0 Å². The number of carbonyl (C=O) groups excluding carboxylic acids is 1. The number of nitro benzene ring substituents is 1. The highest BCUT2D eigenvalue weighted by molar-refractivity contribution is 6.44. The summed E-state index contributed by atoms with van der Waals surface area (Å²) in [5.41, 5.74) is -0.0832. The molecule has 0 aliphatic carbocycles. The van der Waals surface area contributed by atoms with Crippen LogP contribution in [0.4, 0.5) is 11.4 Å². The van der Waals surface area contributed by atoms with Crippen molar-refractivity contribution in [2.45, 2.75) is 0 Å². The van der Waals surface area contributed by atoms with Gasteiger partial charge in [0.1, 0.15) is 5.02 Å². The molecule has 0 saturated carbocycles. The lowest BCUT2D eigenvalue weighted by atomic mass is 10.2. The molecule has 0 atom stereocenters. The molecule has 1 N–H and O–H groups in total. The van der Waals surface area contributed by atoms with Gasteiger partial charge in [-0.1, -0.05) is 46.9 Å². The minimum absolute atomic E-state index is 0.0260. The summed E-state index contributed by atoms with van der Waals surface area (Å²) in [6, 6.07) is 8.70. The number of benzene rings is 2. The highest BCUT2D eigenvalue weighted by Crippen LogP contribution is 2.32. The Morgan fingerprint density at radius 2 is 1.71 bits per heavy atom. The molecular weight excluding hydrogens is 339 g/mol. The van der Waals surface area contributed by atoms with Crippen molar-refractivity contribution in [1.82, 2.24) is 0 Å². The summed E-state index contributed by atoms with van der Waals surface area (Å²) in [5.74, 6) is -0.618. The van der Waals surface area contributed by atoms with Crippen molar-refractivity contribution >= 4 is 52.1 Å². The largest absolute Gasteiger partial charge is 0.321 e. The molecule has 0 aromatic heterocycles. The van der Waals surface area contributed by atoms with E-state index in [9.17, 15) is 14.9 Å². The normalized spacial score (nSPS) is 10.2. The van der Waals surface area contributed by atoms with Gasteiger partial charge in [-0.25, -0.2) is 0 Å². The van der Waals surface area contributed by atoms with E-state index in [4.69, 9.17) is 34.8 Å². The molecule has 0 heterocycles. The first-order valence-corrected chi connectivity index (χ1v) is 6.73. The van der Waals surface area contributed by atoms with Crippen molar-refractivity contribution < 1.29 is 9.72 Å². The number of nitrogens with zero attached hydrogens (tertiary/aromatic N) is 1. The minimum atomic E-state index is -0.661. The van der Waals surface area contributed by atoms with Gasteiger partial charge in [0.25, 0.3) is 11.6 Å².